The number of fused-ring (bicyclic) bond motifs is 1. The van der Waals surface area contributed by atoms with Gasteiger partial charge in [-0.1, -0.05) is 17.7 Å². The van der Waals surface area contributed by atoms with Crippen LogP contribution in [0.3, 0.4) is 0 Å². The first-order valence-corrected chi connectivity index (χ1v) is 6.20. The highest BCUT2D eigenvalue weighted by molar-refractivity contribution is 6.33. The minimum Gasteiger partial charge on any atom is -0.406 e. The van der Waals surface area contributed by atoms with E-state index in [1.807, 2.05) is 0 Å². The Balaban J connectivity index is 2.18. The fraction of sp³-hybridized carbons (Fsp3) is 0.0833. The van der Waals surface area contributed by atoms with Gasteiger partial charge >= 0.3 is 12.1 Å². The van der Waals surface area contributed by atoms with Crippen molar-refractivity contribution in [2.24, 2.45) is 0 Å². The van der Waals surface area contributed by atoms with E-state index in [1.54, 1.807) is 0 Å². The van der Waals surface area contributed by atoms with E-state index in [2.05, 4.69) is 19.7 Å². The number of nitrogens with one attached hydrogen (secondary N) is 1. The van der Waals surface area contributed by atoms with E-state index in [0.29, 0.717) is 0 Å². The number of aromatic amines is 1. The molecule has 0 spiro atoms. The predicted molar refractivity (Wildman–Crippen MR) is 71.2 cm³/mol. The molecule has 0 bridgehead atoms. The molecule has 0 amide bonds. The van der Waals surface area contributed by atoms with Crippen LogP contribution in [0, 0.1) is 0 Å². The lowest BCUT2D eigenvalue weighted by Gasteiger charge is -2.10. The lowest BCUT2D eigenvalue weighted by molar-refractivity contribution is -0.274. The third-order valence-corrected chi connectivity index (χ3v) is 3.02. The Bertz CT molecular complexity index is 903. The number of aromatic nitrogens is 4. The summed E-state index contributed by atoms with van der Waals surface area (Å²) in [5.41, 5.74) is -0.137. The van der Waals surface area contributed by atoms with Crippen molar-refractivity contribution in [1.82, 2.24) is 19.5 Å². The largest absolute Gasteiger partial charge is 0.573 e. The first-order chi connectivity index (χ1) is 10.3. The van der Waals surface area contributed by atoms with E-state index in [1.165, 1.54) is 12.1 Å². The van der Waals surface area contributed by atoms with E-state index in [-0.39, 0.29) is 22.0 Å². The molecule has 1 N–H and O–H groups in total. The van der Waals surface area contributed by atoms with Crippen LogP contribution >= 0.6 is 11.6 Å². The molecule has 0 saturated carbocycles. The van der Waals surface area contributed by atoms with Crippen molar-refractivity contribution in [2.45, 2.75) is 6.36 Å². The number of alkyl halides is 3. The van der Waals surface area contributed by atoms with Crippen LogP contribution in [0.15, 0.2) is 35.4 Å². The van der Waals surface area contributed by atoms with Crippen LogP contribution in [-0.2, 0) is 0 Å². The molecule has 2 heterocycles. The van der Waals surface area contributed by atoms with Crippen LogP contribution in [0.4, 0.5) is 13.2 Å². The van der Waals surface area contributed by atoms with Gasteiger partial charge in [-0.25, -0.2) is 14.8 Å². The van der Waals surface area contributed by atoms with Crippen LogP contribution < -0.4 is 10.4 Å². The van der Waals surface area contributed by atoms with Crippen LogP contribution in [0.5, 0.6) is 5.75 Å². The van der Waals surface area contributed by atoms with Crippen LogP contribution in [0.25, 0.3) is 16.9 Å². The lowest BCUT2D eigenvalue weighted by atomic mass is 10.3. The summed E-state index contributed by atoms with van der Waals surface area (Å²) in [7, 11) is 0. The molecular weight excluding hydrogens is 325 g/mol. The van der Waals surface area contributed by atoms with Crippen LogP contribution in [0.2, 0.25) is 5.15 Å². The molecule has 0 aliphatic rings. The quantitative estimate of drug-likeness (QED) is 0.733. The summed E-state index contributed by atoms with van der Waals surface area (Å²) >= 11 is 5.93. The Kier molecular flexibility index (Phi) is 3.28. The van der Waals surface area contributed by atoms with Crippen molar-refractivity contribution in [3.63, 3.8) is 0 Å². The van der Waals surface area contributed by atoms with Gasteiger partial charge < -0.3 is 4.74 Å². The molecule has 0 radical (unpaired) electrons. The van der Waals surface area contributed by atoms with E-state index in [4.69, 9.17) is 11.6 Å². The van der Waals surface area contributed by atoms with E-state index in [0.717, 1.165) is 23.0 Å². The van der Waals surface area contributed by atoms with Crippen molar-refractivity contribution in [1.29, 1.82) is 0 Å². The number of nitrogens with zero attached hydrogens (tertiary/aromatic N) is 3. The number of hydrogen-bond donors (Lipinski definition) is 1. The smallest absolute Gasteiger partial charge is 0.406 e. The number of ether oxygens (including phenoxy) is 1. The van der Waals surface area contributed by atoms with Gasteiger partial charge in [0.1, 0.15) is 17.6 Å². The molecule has 0 saturated heterocycles. The van der Waals surface area contributed by atoms with Crippen molar-refractivity contribution in [3.05, 3.63) is 46.2 Å². The number of benzene rings is 1. The summed E-state index contributed by atoms with van der Waals surface area (Å²) in [6.45, 7) is 0. The van der Waals surface area contributed by atoms with Gasteiger partial charge in [0.25, 0.3) is 0 Å². The van der Waals surface area contributed by atoms with Gasteiger partial charge in [-0.2, -0.15) is 0 Å². The van der Waals surface area contributed by atoms with Gasteiger partial charge in [0.2, 0.25) is 0 Å². The second-order valence-corrected chi connectivity index (χ2v) is 4.53. The minimum absolute atomic E-state index is 0.00880. The van der Waals surface area contributed by atoms with Gasteiger partial charge in [0.05, 0.1) is 5.69 Å². The van der Waals surface area contributed by atoms with Crippen molar-refractivity contribution in [3.8, 4) is 11.4 Å². The SMILES string of the molecule is O=c1[nH]c2ncnc(Cl)c2n1-c1cccc(OC(F)(F)F)c1. The molecule has 0 atom stereocenters. The highest BCUT2D eigenvalue weighted by Gasteiger charge is 2.31. The number of halogens is 4. The Morgan fingerprint density at radius 2 is 2.05 bits per heavy atom. The van der Waals surface area contributed by atoms with Gasteiger partial charge in [-0.3, -0.25) is 9.55 Å². The van der Waals surface area contributed by atoms with Crippen LogP contribution in [-0.4, -0.2) is 25.9 Å². The lowest BCUT2D eigenvalue weighted by Crippen LogP contribution is -2.18. The molecule has 0 aliphatic carbocycles. The second kappa shape index (κ2) is 5.02. The molecule has 0 unspecified atom stereocenters. The van der Waals surface area contributed by atoms with Crippen LogP contribution in [0.1, 0.15) is 0 Å². The molecule has 2 aromatic heterocycles. The van der Waals surface area contributed by atoms with Crippen molar-refractivity contribution in [2.75, 3.05) is 0 Å². The molecule has 3 aromatic rings. The number of rotatable bonds is 2. The zero-order valence-electron chi connectivity index (χ0n) is 10.6. The molecule has 3 rings (SSSR count). The molecule has 22 heavy (non-hydrogen) atoms. The van der Waals surface area contributed by atoms with Crippen molar-refractivity contribution < 1.29 is 17.9 Å². The number of hydrogen-bond acceptors (Lipinski definition) is 4. The Morgan fingerprint density at radius 1 is 1.27 bits per heavy atom. The normalized spacial score (nSPS) is 11.8. The molecule has 6 nitrogen and oxygen atoms in total. The molecule has 114 valence electrons. The Hall–Kier alpha value is -2.55. The average Bonchev–Trinajstić information content (AvgIpc) is 2.74. The fourth-order valence-corrected chi connectivity index (χ4v) is 2.19. The first kappa shape index (κ1) is 14.4. The Morgan fingerprint density at radius 3 is 2.77 bits per heavy atom. The monoisotopic (exact) mass is 330 g/mol. The van der Waals surface area contributed by atoms with Gasteiger partial charge in [0.15, 0.2) is 10.8 Å². The van der Waals surface area contributed by atoms with Gasteiger partial charge in [-0.05, 0) is 12.1 Å². The Labute approximate surface area is 125 Å². The maximum Gasteiger partial charge on any atom is 0.573 e. The number of imidazole rings is 1. The summed E-state index contributed by atoms with van der Waals surface area (Å²) in [5.74, 6) is -0.459. The topological polar surface area (TPSA) is 72.8 Å². The number of H-pyrrole nitrogens is 1. The van der Waals surface area contributed by atoms with Gasteiger partial charge in [-0.15, -0.1) is 13.2 Å². The zero-order chi connectivity index (χ0) is 15.9. The first-order valence-electron chi connectivity index (χ1n) is 5.82. The zero-order valence-corrected chi connectivity index (χ0v) is 11.3. The third kappa shape index (κ3) is 2.62. The van der Waals surface area contributed by atoms with Crippen molar-refractivity contribution >= 4 is 22.8 Å². The molecule has 1 aromatic carbocycles. The summed E-state index contributed by atoms with van der Waals surface area (Å²) < 4.78 is 41.7. The molecular formula is C12H6ClF3N4O2. The predicted octanol–water partition coefficient (Wildman–Crippen LogP) is 2.66. The standard InChI is InChI=1S/C12H6ClF3N4O2/c13-9-8-10(18-5-17-9)19-11(21)20(8)6-2-1-3-7(4-6)22-12(14,15)16/h1-5H,(H,17,18,19,21). The second-order valence-electron chi connectivity index (χ2n) is 4.17. The summed E-state index contributed by atoms with van der Waals surface area (Å²) in [4.78, 5) is 22.0. The third-order valence-electron chi connectivity index (χ3n) is 2.74. The minimum atomic E-state index is -4.83. The summed E-state index contributed by atoms with van der Waals surface area (Å²) in [6.07, 6.45) is -3.67. The van der Waals surface area contributed by atoms with E-state index < -0.39 is 17.8 Å². The summed E-state index contributed by atoms with van der Waals surface area (Å²) in [6, 6.07) is 4.93. The highest BCUT2D eigenvalue weighted by Crippen LogP contribution is 2.26. The van der Waals surface area contributed by atoms with E-state index >= 15 is 0 Å². The van der Waals surface area contributed by atoms with Gasteiger partial charge in [0, 0.05) is 6.07 Å². The molecule has 0 fully saturated rings. The molecule has 0 aliphatic heterocycles. The summed E-state index contributed by atoms with van der Waals surface area (Å²) in [5, 5.41) is -0.00880. The maximum atomic E-state index is 12.3. The fourth-order valence-electron chi connectivity index (χ4n) is 1.97. The maximum absolute atomic E-state index is 12.3. The van der Waals surface area contributed by atoms with E-state index in [9.17, 15) is 18.0 Å². The molecule has 10 heteroatoms. The highest BCUT2D eigenvalue weighted by atomic mass is 35.5. The average molecular weight is 331 g/mol.